The molecule has 2 nitrogen and oxygen atoms in total. The lowest BCUT2D eigenvalue weighted by atomic mass is 9.83. The third-order valence-electron chi connectivity index (χ3n) is 3.83. The molecule has 0 radical (unpaired) electrons. The van der Waals surface area contributed by atoms with E-state index in [1.54, 1.807) is 18.2 Å². The molecule has 1 unspecified atom stereocenters. The normalized spacial score (nSPS) is 13.8. The molecule has 0 saturated carbocycles. The lowest BCUT2D eigenvalue weighted by Gasteiger charge is -2.28. The minimum Gasteiger partial charge on any atom is -0.494 e. The highest BCUT2D eigenvalue weighted by molar-refractivity contribution is 5.39. The molecule has 2 aromatic rings. The van der Waals surface area contributed by atoms with E-state index in [0.29, 0.717) is 12.0 Å². The van der Waals surface area contributed by atoms with Crippen molar-refractivity contribution in [2.75, 3.05) is 7.11 Å². The van der Waals surface area contributed by atoms with Crippen molar-refractivity contribution in [2.45, 2.75) is 32.7 Å². The van der Waals surface area contributed by atoms with Gasteiger partial charge in [-0.25, -0.2) is 4.39 Å². The smallest absolute Gasteiger partial charge is 0.168 e. The molecule has 0 bridgehead atoms. The molecule has 3 heteroatoms. The maximum atomic E-state index is 14.3. The molecule has 0 heterocycles. The van der Waals surface area contributed by atoms with Crippen molar-refractivity contribution >= 4 is 0 Å². The molecule has 21 heavy (non-hydrogen) atoms. The van der Waals surface area contributed by atoms with Gasteiger partial charge in [0, 0.05) is 5.54 Å². The fourth-order valence-corrected chi connectivity index (χ4v) is 2.69. The maximum absolute atomic E-state index is 14.3. The number of hydrogen-bond acceptors (Lipinski definition) is 2. The van der Waals surface area contributed by atoms with Crippen LogP contribution in [0.4, 0.5) is 4.39 Å². The fraction of sp³-hybridized carbons (Fsp3) is 0.333. The largest absolute Gasteiger partial charge is 0.494 e. The Balaban J connectivity index is 2.39. The Labute approximate surface area is 125 Å². The molecule has 0 saturated heterocycles. The molecule has 0 spiro atoms. The summed E-state index contributed by atoms with van der Waals surface area (Å²) in [5.41, 5.74) is 9.74. The average molecular weight is 287 g/mol. The van der Waals surface area contributed by atoms with Crippen LogP contribution in [0.5, 0.6) is 5.75 Å². The van der Waals surface area contributed by atoms with E-state index in [0.717, 1.165) is 16.7 Å². The molecule has 0 fully saturated rings. The second-order valence-corrected chi connectivity index (χ2v) is 5.85. The standard InChI is InChI=1S/C18H22FNO/c1-12-8-9-13(2)15(10-12)18(3,20)11-14-6-5-7-16(21-4)17(14)19/h5-10H,11,20H2,1-4H3. The van der Waals surface area contributed by atoms with E-state index in [2.05, 4.69) is 18.2 Å². The van der Waals surface area contributed by atoms with E-state index in [1.807, 2.05) is 20.8 Å². The molecule has 2 N–H and O–H groups in total. The van der Waals surface area contributed by atoms with E-state index in [4.69, 9.17) is 10.5 Å². The van der Waals surface area contributed by atoms with Crippen LogP contribution in [0.2, 0.25) is 0 Å². The summed E-state index contributed by atoms with van der Waals surface area (Å²) in [5, 5.41) is 0. The third kappa shape index (κ3) is 3.24. The molecular weight excluding hydrogens is 265 g/mol. The molecule has 0 amide bonds. The molecule has 1 atom stereocenters. The summed E-state index contributed by atoms with van der Waals surface area (Å²) in [7, 11) is 1.47. The van der Waals surface area contributed by atoms with Gasteiger partial charge in [-0.15, -0.1) is 0 Å². The van der Waals surface area contributed by atoms with E-state index < -0.39 is 5.54 Å². The van der Waals surface area contributed by atoms with Crippen LogP contribution >= 0.6 is 0 Å². The highest BCUT2D eigenvalue weighted by atomic mass is 19.1. The van der Waals surface area contributed by atoms with Gasteiger partial charge >= 0.3 is 0 Å². The summed E-state index contributed by atoms with van der Waals surface area (Å²) >= 11 is 0. The number of hydrogen-bond donors (Lipinski definition) is 1. The van der Waals surface area contributed by atoms with Crippen molar-refractivity contribution in [1.29, 1.82) is 0 Å². The average Bonchev–Trinajstić information content (AvgIpc) is 2.43. The van der Waals surface area contributed by atoms with E-state index in [1.165, 1.54) is 7.11 Å². The van der Waals surface area contributed by atoms with Gasteiger partial charge in [-0.3, -0.25) is 0 Å². The Bertz CT molecular complexity index is 650. The van der Waals surface area contributed by atoms with Crippen LogP contribution in [0.25, 0.3) is 0 Å². The molecule has 2 rings (SSSR count). The number of ether oxygens (including phenoxy) is 1. The van der Waals surface area contributed by atoms with E-state index in [9.17, 15) is 4.39 Å². The van der Waals surface area contributed by atoms with Crippen molar-refractivity contribution in [3.05, 3.63) is 64.5 Å². The Kier molecular flexibility index (Phi) is 4.33. The summed E-state index contributed by atoms with van der Waals surface area (Å²) in [6.07, 6.45) is 0.417. The number of nitrogens with two attached hydrogens (primary N) is 1. The Morgan fingerprint density at radius 2 is 1.90 bits per heavy atom. The molecule has 0 aliphatic heterocycles. The van der Waals surface area contributed by atoms with Crippen LogP contribution in [0.1, 0.15) is 29.2 Å². The van der Waals surface area contributed by atoms with Gasteiger partial charge in [0.2, 0.25) is 0 Å². The summed E-state index contributed by atoms with van der Waals surface area (Å²) in [6, 6.07) is 11.3. The van der Waals surface area contributed by atoms with Crippen molar-refractivity contribution in [3.63, 3.8) is 0 Å². The molecular formula is C18H22FNO. The van der Waals surface area contributed by atoms with Gasteiger partial charge in [0.05, 0.1) is 7.11 Å². The van der Waals surface area contributed by atoms with E-state index >= 15 is 0 Å². The second-order valence-electron chi connectivity index (χ2n) is 5.85. The van der Waals surface area contributed by atoms with Gasteiger partial charge in [0.15, 0.2) is 11.6 Å². The van der Waals surface area contributed by atoms with Gasteiger partial charge in [0.1, 0.15) is 0 Å². The monoisotopic (exact) mass is 287 g/mol. The first-order chi connectivity index (χ1) is 9.85. The quantitative estimate of drug-likeness (QED) is 0.926. The zero-order chi connectivity index (χ0) is 15.6. The first kappa shape index (κ1) is 15.5. The first-order valence-electron chi connectivity index (χ1n) is 7.03. The predicted octanol–water partition coefficient (Wildman–Crippen LogP) is 3.87. The summed E-state index contributed by atoms with van der Waals surface area (Å²) in [4.78, 5) is 0. The first-order valence-corrected chi connectivity index (χ1v) is 7.03. The number of methoxy groups -OCH3 is 1. The lowest BCUT2D eigenvalue weighted by Crippen LogP contribution is -2.36. The van der Waals surface area contributed by atoms with Crippen molar-refractivity contribution < 1.29 is 9.13 Å². The van der Waals surface area contributed by atoms with Crippen molar-refractivity contribution in [2.24, 2.45) is 5.73 Å². The minimum atomic E-state index is -0.636. The molecule has 0 aromatic heterocycles. The second kappa shape index (κ2) is 5.86. The van der Waals surface area contributed by atoms with Crippen molar-refractivity contribution in [1.82, 2.24) is 0 Å². The van der Waals surface area contributed by atoms with Gasteiger partial charge in [-0.1, -0.05) is 35.9 Å². The van der Waals surface area contributed by atoms with Crippen LogP contribution < -0.4 is 10.5 Å². The van der Waals surface area contributed by atoms with Crippen molar-refractivity contribution in [3.8, 4) is 5.75 Å². The zero-order valence-corrected chi connectivity index (χ0v) is 13.0. The van der Waals surface area contributed by atoms with Crippen LogP contribution in [-0.2, 0) is 12.0 Å². The Hall–Kier alpha value is -1.87. The Morgan fingerprint density at radius 3 is 2.57 bits per heavy atom. The number of rotatable bonds is 4. The lowest BCUT2D eigenvalue weighted by molar-refractivity contribution is 0.380. The highest BCUT2D eigenvalue weighted by Crippen LogP contribution is 2.29. The minimum absolute atomic E-state index is 0.254. The summed E-state index contributed by atoms with van der Waals surface area (Å²) in [6.45, 7) is 6.00. The number of halogens is 1. The van der Waals surface area contributed by atoms with Crippen LogP contribution in [0.15, 0.2) is 36.4 Å². The van der Waals surface area contributed by atoms with Crippen LogP contribution in [0, 0.1) is 19.7 Å². The zero-order valence-electron chi connectivity index (χ0n) is 13.0. The predicted molar refractivity (Wildman–Crippen MR) is 84.1 cm³/mol. The highest BCUT2D eigenvalue weighted by Gasteiger charge is 2.25. The third-order valence-corrected chi connectivity index (χ3v) is 3.83. The molecule has 112 valence electrons. The van der Waals surface area contributed by atoms with Crippen LogP contribution in [-0.4, -0.2) is 7.11 Å². The van der Waals surface area contributed by atoms with Gasteiger partial charge < -0.3 is 10.5 Å². The van der Waals surface area contributed by atoms with Gasteiger partial charge in [0.25, 0.3) is 0 Å². The molecule has 2 aromatic carbocycles. The summed E-state index contributed by atoms with van der Waals surface area (Å²) in [5.74, 6) is -0.0776. The summed E-state index contributed by atoms with van der Waals surface area (Å²) < 4.78 is 19.4. The fourth-order valence-electron chi connectivity index (χ4n) is 2.69. The Morgan fingerprint density at radius 1 is 1.19 bits per heavy atom. The van der Waals surface area contributed by atoms with Crippen LogP contribution in [0.3, 0.4) is 0 Å². The molecule has 0 aliphatic carbocycles. The molecule has 0 aliphatic rings. The van der Waals surface area contributed by atoms with E-state index in [-0.39, 0.29) is 11.6 Å². The van der Waals surface area contributed by atoms with Gasteiger partial charge in [-0.2, -0.15) is 0 Å². The SMILES string of the molecule is COc1cccc(CC(C)(N)c2cc(C)ccc2C)c1F. The number of aryl methyl sites for hydroxylation is 2. The van der Waals surface area contributed by atoms with Gasteiger partial charge in [-0.05, 0) is 49.9 Å². The maximum Gasteiger partial charge on any atom is 0.168 e. The topological polar surface area (TPSA) is 35.2 Å². The number of benzene rings is 2.